The van der Waals surface area contributed by atoms with E-state index >= 15 is 0 Å². The highest BCUT2D eigenvalue weighted by atomic mass is 16.5. The Kier molecular flexibility index (Phi) is 4.24. The maximum atomic E-state index is 5.21. The molecule has 0 atom stereocenters. The van der Waals surface area contributed by atoms with Crippen LogP contribution in [0.4, 0.5) is 5.69 Å². The van der Waals surface area contributed by atoms with Crippen molar-refractivity contribution in [1.82, 2.24) is 0 Å². The first-order chi connectivity index (χ1) is 8.81. The maximum Gasteiger partial charge on any atom is 0.119 e. The molecule has 0 spiro atoms. The first-order valence-corrected chi connectivity index (χ1v) is 6.27. The van der Waals surface area contributed by atoms with Crippen LogP contribution in [0.3, 0.4) is 0 Å². The summed E-state index contributed by atoms with van der Waals surface area (Å²) in [7, 11) is 1.69. The summed E-state index contributed by atoms with van der Waals surface area (Å²) in [6, 6.07) is 16.7. The Balaban J connectivity index is 1.97. The third-order valence-electron chi connectivity index (χ3n) is 2.99. The monoisotopic (exact) mass is 241 g/mol. The Morgan fingerprint density at radius 1 is 1.00 bits per heavy atom. The SMILES string of the molecule is CCc1ccc(NCc2cccc(OC)c2)cc1. The molecule has 0 heterocycles. The molecule has 94 valence electrons. The second-order valence-electron chi connectivity index (χ2n) is 4.26. The van der Waals surface area contributed by atoms with E-state index in [4.69, 9.17) is 4.74 Å². The lowest BCUT2D eigenvalue weighted by Crippen LogP contribution is -1.99. The first kappa shape index (κ1) is 12.5. The summed E-state index contributed by atoms with van der Waals surface area (Å²) >= 11 is 0. The molecule has 2 aromatic carbocycles. The van der Waals surface area contributed by atoms with Crippen molar-refractivity contribution in [2.24, 2.45) is 0 Å². The van der Waals surface area contributed by atoms with Crippen LogP contribution in [0.2, 0.25) is 0 Å². The largest absolute Gasteiger partial charge is 0.497 e. The van der Waals surface area contributed by atoms with Crippen LogP contribution in [0.15, 0.2) is 48.5 Å². The first-order valence-electron chi connectivity index (χ1n) is 6.27. The van der Waals surface area contributed by atoms with Crippen LogP contribution in [0.25, 0.3) is 0 Å². The molecule has 2 heteroatoms. The lowest BCUT2D eigenvalue weighted by molar-refractivity contribution is 0.414. The van der Waals surface area contributed by atoms with Crippen LogP contribution >= 0.6 is 0 Å². The standard InChI is InChI=1S/C16H19NO/c1-3-13-7-9-15(10-8-13)17-12-14-5-4-6-16(11-14)18-2/h4-11,17H,3,12H2,1-2H3. The van der Waals surface area contributed by atoms with Gasteiger partial charge in [-0.25, -0.2) is 0 Å². The summed E-state index contributed by atoms with van der Waals surface area (Å²) < 4.78 is 5.21. The summed E-state index contributed by atoms with van der Waals surface area (Å²) in [5.74, 6) is 0.899. The third kappa shape index (κ3) is 3.27. The van der Waals surface area contributed by atoms with E-state index in [9.17, 15) is 0 Å². The summed E-state index contributed by atoms with van der Waals surface area (Å²) in [6.45, 7) is 2.97. The van der Waals surface area contributed by atoms with E-state index < -0.39 is 0 Å². The summed E-state index contributed by atoms with van der Waals surface area (Å²) in [5, 5.41) is 3.41. The topological polar surface area (TPSA) is 21.3 Å². The number of methoxy groups -OCH3 is 1. The van der Waals surface area contributed by atoms with Gasteiger partial charge in [-0.2, -0.15) is 0 Å². The van der Waals surface area contributed by atoms with Gasteiger partial charge < -0.3 is 10.1 Å². The van der Waals surface area contributed by atoms with Gasteiger partial charge in [0.05, 0.1) is 7.11 Å². The highest BCUT2D eigenvalue weighted by molar-refractivity contribution is 5.45. The van der Waals surface area contributed by atoms with Crippen molar-refractivity contribution in [2.75, 3.05) is 12.4 Å². The van der Waals surface area contributed by atoms with E-state index in [1.165, 1.54) is 11.1 Å². The van der Waals surface area contributed by atoms with Gasteiger partial charge >= 0.3 is 0 Å². The van der Waals surface area contributed by atoms with Gasteiger partial charge in [0.15, 0.2) is 0 Å². The number of nitrogens with one attached hydrogen (secondary N) is 1. The van der Waals surface area contributed by atoms with Gasteiger partial charge in [0, 0.05) is 12.2 Å². The Hall–Kier alpha value is -1.96. The molecule has 0 aliphatic rings. The molecular formula is C16H19NO. The van der Waals surface area contributed by atoms with E-state index in [0.717, 1.165) is 24.4 Å². The fourth-order valence-electron chi connectivity index (χ4n) is 1.84. The Morgan fingerprint density at radius 2 is 1.78 bits per heavy atom. The van der Waals surface area contributed by atoms with E-state index in [1.807, 2.05) is 18.2 Å². The van der Waals surface area contributed by atoms with E-state index in [1.54, 1.807) is 7.11 Å². The van der Waals surface area contributed by atoms with Gasteiger partial charge in [-0.3, -0.25) is 0 Å². The molecule has 0 saturated carbocycles. The Labute approximate surface area is 109 Å². The Bertz CT molecular complexity index is 491. The summed E-state index contributed by atoms with van der Waals surface area (Å²) in [5.41, 5.74) is 3.73. The molecule has 0 unspecified atom stereocenters. The minimum absolute atomic E-state index is 0.808. The van der Waals surface area contributed by atoms with Gasteiger partial charge in [0.1, 0.15) is 5.75 Å². The van der Waals surface area contributed by atoms with Crippen LogP contribution in [0, 0.1) is 0 Å². The minimum Gasteiger partial charge on any atom is -0.497 e. The highest BCUT2D eigenvalue weighted by Crippen LogP contribution is 2.15. The predicted molar refractivity (Wildman–Crippen MR) is 76.1 cm³/mol. The molecule has 0 bridgehead atoms. The highest BCUT2D eigenvalue weighted by Gasteiger charge is 1.97. The quantitative estimate of drug-likeness (QED) is 0.858. The Morgan fingerprint density at radius 3 is 2.44 bits per heavy atom. The van der Waals surface area contributed by atoms with Gasteiger partial charge in [-0.15, -0.1) is 0 Å². The summed E-state index contributed by atoms with van der Waals surface area (Å²) in [6.07, 6.45) is 1.08. The lowest BCUT2D eigenvalue weighted by Gasteiger charge is -2.08. The number of anilines is 1. The maximum absolute atomic E-state index is 5.21. The van der Waals surface area contributed by atoms with Crippen LogP contribution in [-0.2, 0) is 13.0 Å². The van der Waals surface area contributed by atoms with Crippen LogP contribution in [0.1, 0.15) is 18.1 Å². The number of ether oxygens (including phenoxy) is 1. The van der Waals surface area contributed by atoms with Gasteiger partial charge in [0.2, 0.25) is 0 Å². The van der Waals surface area contributed by atoms with E-state index in [-0.39, 0.29) is 0 Å². The van der Waals surface area contributed by atoms with E-state index in [0.29, 0.717) is 0 Å². The molecule has 18 heavy (non-hydrogen) atoms. The van der Waals surface area contributed by atoms with Crippen molar-refractivity contribution in [3.63, 3.8) is 0 Å². The fraction of sp³-hybridized carbons (Fsp3) is 0.250. The smallest absolute Gasteiger partial charge is 0.119 e. The zero-order valence-electron chi connectivity index (χ0n) is 10.9. The van der Waals surface area contributed by atoms with Crippen molar-refractivity contribution in [3.8, 4) is 5.75 Å². The number of rotatable bonds is 5. The van der Waals surface area contributed by atoms with Crippen LogP contribution in [-0.4, -0.2) is 7.11 Å². The second kappa shape index (κ2) is 6.10. The molecule has 0 amide bonds. The van der Waals surface area contributed by atoms with Crippen molar-refractivity contribution in [2.45, 2.75) is 19.9 Å². The number of aryl methyl sites for hydroxylation is 1. The predicted octanol–water partition coefficient (Wildman–Crippen LogP) is 3.87. The van der Waals surface area contributed by atoms with Crippen LogP contribution < -0.4 is 10.1 Å². The van der Waals surface area contributed by atoms with Gasteiger partial charge in [-0.1, -0.05) is 31.2 Å². The molecule has 2 aromatic rings. The fourth-order valence-corrected chi connectivity index (χ4v) is 1.84. The molecule has 0 aliphatic carbocycles. The lowest BCUT2D eigenvalue weighted by atomic mass is 10.1. The molecule has 2 rings (SSSR count). The van der Waals surface area contributed by atoms with E-state index in [2.05, 4.69) is 42.6 Å². The van der Waals surface area contributed by atoms with Gasteiger partial charge in [0.25, 0.3) is 0 Å². The second-order valence-corrected chi connectivity index (χ2v) is 4.26. The molecule has 0 aromatic heterocycles. The van der Waals surface area contributed by atoms with Crippen molar-refractivity contribution in [3.05, 3.63) is 59.7 Å². The molecule has 0 radical (unpaired) electrons. The molecule has 0 fully saturated rings. The normalized spacial score (nSPS) is 10.1. The van der Waals surface area contributed by atoms with Gasteiger partial charge in [-0.05, 0) is 41.8 Å². The molecular weight excluding hydrogens is 222 g/mol. The average molecular weight is 241 g/mol. The molecule has 1 N–H and O–H groups in total. The van der Waals surface area contributed by atoms with Crippen molar-refractivity contribution < 1.29 is 4.74 Å². The van der Waals surface area contributed by atoms with Crippen LogP contribution in [0.5, 0.6) is 5.75 Å². The molecule has 0 saturated heterocycles. The number of hydrogen-bond donors (Lipinski definition) is 1. The zero-order valence-corrected chi connectivity index (χ0v) is 10.9. The third-order valence-corrected chi connectivity index (χ3v) is 2.99. The summed E-state index contributed by atoms with van der Waals surface area (Å²) in [4.78, 5) is 0. The number of hydrogen-bond acceptors (Lipinski definition) is 2. The number of benzene rings is 2. The zero-order chi connectivity index (χ0) is 12.8. The minimum atomic E-state index is 0.808. The van der Waals surface area contributed by atoms with Crippen molar-refractivity contribution >= 4 is 5.69 Å². The van der Waals surface area contributed by atoms with Crippen molar-refractivity contribution in [1.29, 1.82) is 0 Å². The molecule has 0 aliphatic heterocycles. The molecule has 2 nitrogen and oxygen atoms in total. The average Bonchev–Trinajstić information content (AvgIpc) is 2.46.